The molecule has 1 aromatic heterocycles. The molecule has 0 atom stereocenters. The molecule has 0 bridgehead atoms. The van der Waals surface area contributed by atoms with Gasteiger partial charge in [-0.05, 0) is 49.2 Å². The molecule has 4 nitrogen and oxygen atoms in total. The number of carbonyl (C=O) groups is 1. The number of rotatable bonds is 5. The van der Waals surface area contributed by atoms with Crippen LogP contribution in [0.5, 0.6) is 5.75 Å². The number of amides is 1. The van der Waals surface area contributed by atoms with Crippen LogP contribution < -0.4 is 10.1 Å². The molecule has 6 heteroatoms. The first-order valence-electron chi connectivity index (χ1n) is 8.25. The largest absolute Gasteiger partial charge is 0.480 e. The molecule has 0 fully saturated rings. The molecule has 1 N–H and O–H groups in total. The molecular weight excluding hydrogens is 371 g/mol. The van der Waals surface area contributed by atoms with Crippen molar-refractivity contribution in [1.29, 1.82) is 0 Å². The maximum absolute atomic E-state index is 12.2. The van der Waals surface area contributed by atoms with Crippen LogP contribution in [0.3, 0.4) is 0 Å². The number of halogens is 2. The maximum atomic E-state index is 12.2. The van der Waals surface area contributed by atoms with Crippen LogP contribution in [-0.4, -0.2) is 17.5 Å². The van der Waals surface area contributed by atoms with Crippen molar-refractivity contribution in [3.63, 3.8) is 0 Å². The highest BCUT2D eigenvalue weighted by atomic mass is 35.5. The predicted molar refractivity (Wildman–Crippen MR) is 106 cm³/mol. The van der Waals surface area contributed by atoms with Crippen molar-refractivity contribution in [3.8, 4) is 5.75 Å². The third-order valence-corrected chi connectivity index (χ3v) is 4.56. The monoisotopic (exact) mass is 388 g/mol. The summed E-state index contributed by atoms with van der Waals surface area (Å²) in [6.07, 6.45) is 0.950. The van der Waals surface area contributed by atoms with Gasteiger partial charge in [-0.3, -0.25) is 4.79 Å². The van der Waals surface area contributed by atoms with Crippen molar-refractivity contribution >= 4 is 45.7 Å². The molecular formula is C20H18Cl2N2O2. The maximum Gasteiger partial charge on any atom is 0.262 e. The first-order chi connectivity index (χ1) is 12.5. The van der Waals surface area contributed by atoms with Gasteiger partial charge in [0, 0.05) is 16.8 Å². The number of aryl methyl sites for hydroxylation is 2. The minimum atomic E-state index is -0.277. The molecule has 2 aromatic carbocycles. The summed E-state index contributed by atoms with van der Waals surface area (Å²) >= 11 is 12.5. The fourth-order valence-corrected chi connectivity index (χ4v) is 3.16. The van der Waals surface area contributed by atoms with E-state index in [0.717, 1.165) is 23.2 Å². The fourth-order valence-electron chi connectivity index (χ4n) is 2.59. The molecule has 1 heterocycles. The number of carbonyl (C=O) groups excluding carboxylic acids is 1. The third-order valence-electron chi connectivity index (χ3n) is 3.97. The molecule has 3 aromatic rings. The Morgan fingerprint density at radius 1 is 1.12 bits per heavy atom. The lowest BCUT2D eigenvalue weighted by Gasteiger charge is -2.12. The lowest BCUT2D eigenvalue weighted by Crippen LogP contribution is -2.20. The number of aromatic nitrogens is 1. The van der Waals surface area contributed by atoms with Gasteiger partial charge in [0.1, 0.15) is 5.52 Å². The van der Waals surface area contributed by atoms with E-state index in [1.807, 2.05) is 43.3 Å². The van der Waals surface area contributed by atoms with Crippen LogP contribution in [0, 0.1) is 6.92 Å². The van der Waals surface area contributed by atoms with Crippen molar-refractivity contribution in [2.45, 2.75) is 20.3 Å². The summed E-state index contributed by atoms with van der Waals surface area (Å²) < 4.78 is 5.67. The Morgan fingerprint density at radius 2 is 1.85 bits per heavy atom. The second kappa shape index (κ2) is 7.94. The van der Waals surface area contributed by atoms with Crippen LogP contribution in [0.15, 0.2) is 42.5 Å². The molecule has 0 radical (unpaired) electrons. The van der Waals surface area contributed by atoms with Crippen molar-refractivity contribution < 1.29 is 9.53 Å². The van der Waals surface area contributed by atoms with Crippen LogP contribution in [-0.2, 0) is 11.2 Å². The van der Waals surface area contributed by atoms with Crippen LogP contribution in [0.2, 0.25) is 10.0 Å². The van der Waals surface area contributed by atoms with E-state index in [4.69, 9.17) is 27.9 Å². The number of ether oxygens (including phenoxy) is 1. The van der Waals surface area contributed by atoms with Crippen LogP contribution in [0.4, 0.5) is 5.69 Å². The van der Waals surface area contributed by atoms with Gasteiger partial charge >= 0.3 is 0 Å². The number of nitrogens with one attached hydrogen (secondary N) is 1. The summed E-state index contributed by atoms with van der Waals surface area (Å²) in [7, 11) is 0. The van der Waals surface area contributed by atoms with Gasteiger partial charge in [-0.1, -0.05) is 42.3 Å². The molecule has 0 spiro atoms. The number of fused-ring (bicyclic) bond motifs is 1. The fraction of sp³-hybridized carbons (Fsp3) is 0.200. The standard InChI is InChI=1S/C20H18Cl2N2O2/c1-3-13-5-7-14(8-6-13)24-18(25)11-26-20-17(22)10-16(21)15-9-4-12(2)23-19(15)20/h4-10H,3,11H2,1-2H3,(H,24,25). The van der Waals surface area contributed by atoms with E-state index in [1.165, 1.54) is 5.56 Å². The Bertz CT molecular complexity index is 956. The topological polar surface area (TPSA) is 51.2 Å². The lowest BCUT2D eigenvalue weighted by atomic mass is 10.1. The van der Waals surface area contributed by atoms with Crippen LogP contribution in [0.25, 0.3) is 10.9 Å². The van der Waals surface area contributed by atoms with Gasteiger partial charge in [-0.15, -0.1) is 0 Å². The summed E-state index contributed by atoms with van der Waals surface area (Å²) in [6, 6.07) is 13.0. The molecule has 0 aliphatic heterocycles. The van der Waals surface area contributed by atoms with E-state index in [0.29, 0.717) is 21.3 Å². The summed E-state index contributed by atoms with van der Waals surface area (Å²) in [5.41, 5.74) is 3.28. The summed E-state index contributed by atoms with van der Waals surface area (Å²) in [5.74, 6) is 0.0762. The molecule has 134 valence electrons. The highest BCUT2D eigenvalue weighted by Crippen LogP contribution is 2.37. The smallest absolute Gasteiger partial charge is 0.262 e. The van der Waals surface area contributed by atoms with Crippen LogP contribution >= 0.6 is 23.2 Å². The first kappa shape index (κ1) is 18.5. The van der Waals surface area contributed by atoms with E-state index >= 15 is 0 Å². The zero-order valence-electron chi connectivity index (χ0n) is 14.5. The van der Waals surface area contributed by atoms with Crippen molar-refractivity contribution in [2.75, 3.05) is 11.9 Å². The summed E-state index contributed by atoms with van der Waals surface area (Å²) in [6.45, 7) is 3.77. The predicted octanol–water partition coefficient (Wildman–Crippen LogP) is 5.43. The van der Waals surface area contributed by atoms with E-state index in [2.05, 4.69) is 17.2 Å². The third kappa shape index (κ3) is 4.09. The summed E-state index contributed by atoms with van der Waals surface area (Å²) in [5, 5.41) is 4.34. The van der Waals surface area contributed by atoms with Gasteiger partial charge in [0.05, 0.1) is 10.0 Å². The number of pyridine rings is 1. The van der Waals surface area contributed by atoms with Gasteiger partial charge in [0.2, 0.25) is 0 Å². The van der Waals surface area contributed by atoms with Gasteiger partial charge < -0.3 is 10.1 Å². The quantitative estimate of drug-likeness (QED) is 0.633. The zero-order chi connectivity index (χ0) is 18.7. The highest BCUT2D eigenvalue weighted by Gasteiger charge is 2.14. The van der Waals surface area contributed by atoms with Gasteiger partial charge in [-0.2, -0.15) is 0 Å². The second-order valence-electron chi connectivity index (χ2n) is 5.91. The van der Waals surface area contributed by atoms with E-state index in [9.17, 15) is 4.79 Å². The SMILES string of the molecule is CCc1ccc(NC(=O)COc2c(Cl)cc(Cl)c3ccc(C)nc23)cc1. The molecule has 1 amide bonds. The van der Waals surface area contributed by atoms with Crippen LogP contribution in [0.1, 0.15) is 18.2 Å². The number of anilines is 1. The van der Waals surface area contributed by atoms with Gasteiger partial charge in [-0.25, -0.2) is 4.98 Å². The average molecular weight is 389 g/mol. The molecule has 3 rings (SSSR count). The Morgan fingerprint density at radius 3 is 2.54 bits per heavy atom. The first-order valence-corrected chi connectivity index (χ1v) is 9.00. The molecule has 0 saturated carbocycles. The van der Waals surface area contributed by atoms with Crippen molar-refractivity contribution in [3.05, 3.63) is 63.8 Å². The minimum absolute atomic E-state index is 0.179. The minimum Gasteiger partial charge on any atom is -0.480 e. The molecule has 0 unspecified atom stereocenters. The molecule has 0 saturated heterocycles. The normalized spacial score (nSPS) is 10.8. The van der Waals surface area contributed by atoms with Crippen molar-refractivity contribution in [2.24, 2.45) is 0 Å². The average Bonchev–Trinajstić information content (AvgIpc) is 2.62. The van der Waals surface area contributed by atoms with E-state index < -0.39 is 0 Å². The second-order valence-corrected chi connectivity index (χ2v) is 6.72. The highest BCUT2D eigenvalue weighted by molar-refractivity contribution is 6.39. The number of hydrogen-bond acceptors (Lipinski definition) is 3. The summed E-state index contributed by atoms with van der Waals surface area (Å²) in [4.78, 5) is 16.6. The van der Waals surface area contributed by atoms with Crippen molar-refractivity contribution in [1.82, 2.24) is 4.98 Å². The van der Waals surface area contributed by atoms with Gasteiger partial charge in [0.25, 0.3) is 5.91 Å². The Kier molecular flexibility index (Phi) is 5.64. The molecule has 0 aliphatic rings. The number of nitrogens with zero attached hydrogens (tertiary/aromatic N) is 1. The lowest BCUT2D eigenvalue weighted by molar-refractivity contribution is -0.118. The van der Waals surface area contributed by atoms with E-state index in [-0.39, 0.29) is 12.5 Å². The zero-order valence-corrected chi connectivity index (χ0v) is 16.0. The Labute approximate surface area is 162 Å². The number of hydrogen-bond donors (Lipinski definition) is 1. The molecule has 0 aliphatic carbocycles. The van der Waals surface area contributed by atoms with E-state index in [1.54, 1.807) is 6.07 Å². The Hall–Kier alpha value is -2.30. The molecule has 26 heavy (non-hydrogen) atoms. The number of benzene rings is 2. The van der Waals surface area contributed by atoms with Gasteiger partial charge in [0.15, 0.2) is 12.4 Å². The Balaban J connectivity index is 1.76.